The van der Waals surface area contributed by atoms with Crippen LogP contribution in [-0.4, -0.2) is 39.5 Å². The molecule has 1 atom stereocenters. The van der Waals surface area contributed by atoms with E-state index in [4.69, 9.17) is 0 Å². The number of hydrogen-bond donors (Lipinski definition) is 1. The van der Waals surface area contributed by atoms with Gasteiger partial charge in [-0.2, -0.15) is 0 Å². The number of amides is 1. The maximum atomic E-state index is 12.5. The number of rotatable bonds is 4. The van der Waals surface area contributed by atoms with E-state index in [9.17, 15) is 14.7 Å². The highest BCUT2D eigenvalue weighted by molar-refractivity contribution is 7.13. The molecule has 6 heteroatoms. The van der Waals surface area contributed by atoms with Crippen molar-refractivity contribution in [3.63, 3.8) is 0 Å². The van der Waals surface area contributed by atoms with Gasteiger partial charge in [0.15, 0.2) is 0 Å². The molecule has 1 aromatic rings. The second-order valence-corrected chi connectivity index (χ2v) is 6.75. The Bertz CT molecular complexity index is 551. The standard InChI is InChI=1S/C14H18N2O3S/c1-8-12(20-11(15-8)7-9-4-5-9)13(17)16-6-2-3-10(16)14(18)19/h9-10H,2-7H2,1H3,(H,18,19)/t10-/m0/s1. The van der Waals surface area contributed by atoms with Crippen LogP contribution in [0.5, 0.6) is 0 Å². The van der Waals surface area contributed by atoms with Crippen LogP contribution < -0.4 is 0 Å². The van der Waals surface area contributed by atoms with Gasteiger partial charge in [0, 0.05) is 13.0 Å². The van der Waals surface area contributed by atoms with Crippen LogP contribution in [0.4, 0.5) is 0 Å². The summed E-state index contributed by atoms with van der Waals surface area (Å²) in [6, 6.07) is -0.670. The van der Waals surface area contributed by atoms with Crippen LogP contribution >= 0.6 is 11.3 Å². The summed E-state index contributed by atoms with van der Waals surface area (Å²) in [6.45, 7) is 2.37. The number of likely N-dealkylation sites (tertiary alicyclic amines) is 1. The molecule has 1 amide bonds. The van der Waals surface area contributed by atoms with Gasteiger partial charge in [-0.15, -0.1) is 11.3 Å². The lowest BCUT2D eigenvalue weighted by Crippen LogP contribution is -2.40. The van der Waals surface area contributed by atoms with Gasteiger partial charge in [0.1, 0.15) is 10.9 Å². The highest BCUT2D eigenvalue weighted by atomic mass is 32.1. The van der Waals surface area contributed by atoms with Gasteiger partial charge in [0.25, 0.3) is 5.91 Å². The summed E-state index contributed by atoms with van der Waals surface area (Å²) in [4.78, 5) is 30.3. The van der Waals surface area contributed by atoms with E-state index >= 15 is 0 Å². The Morgan fingerprint density at radius 3 is 2.80 bits per heavy atom. The summed E-state index contributed by atoms with van der Waals surface area (Å²) in [5.74, 6) is -0.328. The molecule has 1 saturated carbocycles. The lowest BCUT2D eigenvalue weighted by atomic mass is 10.2. The van der Waals surface area contributed by atoms with Crippen molar-refractivity contribution in [3.8, 4) is 0 Å². The predicted molar refractivity (Wildman–Crippen MR) is 75.0 cm³/mol. The van der Waals surface area contributed by atoms with E-state index < -0.39 is 12.0 Å². The molecule has 0 radical (unpaired) electrons. The average Bonchev–Trinajstić information content (AvgIpc) is 2.93. The predicted octanol–water partition coefficient (Wildman–Crippen LogP) is 2.09. The summed E-state index contributed by atoms with van der Waals surface area (Å²) in [6.07, 6.45) is 4.79. The lowest BCUT2D eigenvalue weighted by Gasteiger charge is -2.20. The normalized spacial score (nSPS) is 22.2. The Hall–Kier alpha value is -1.43. The Morgan fingerprint density at radius 2 is 2.15 bits per heavy atom. The zero-order valence-electron chi connectivity index (χ0n) is 11.5. The fraction of sp³-hybridized carbons (Fsp3) is 0.643. The quantitative estimate of drug-likeness (QED) is 0.923. The van der Waals surface area contributed by atoms with Gasteiger partial charge >= 0.3 is 5.97 Å². The molecule has 0 aromatic carbocycles. The first-order valence-electron chi connectivity index (χ1n) is 7.06. The Balaban J connectivity index is 1.78. The topological polar surface area (TPSA) is 70.5 Å². The van der Waals surface area contributed by atoms with E-state index in [2.05, 4.69) is 4.98 Å². The van der Waals surface area contributed by atoms with Crippen LogP contribution in [0.3, 0.4) is 0 Å². The van der Waals surface area contributed by atoms with Crippen molar-refractivity contribution in [2.45, 2.75) is 45.1 Å². The zero-order valence-corrected chi connectivity index (χ0v) is 12.3. The van der Waals surface area contributed by atoms with Crippen LogP contribution in [0.1, 0.15) is 46.1 Å². The van der Waals surface area contributed by atoms with Gasteiger partial charge in [-0.1, -0.05) is 0 Å². The number of aliphatic carboxylic acids is 1. The van der Waals surface area contributed by atoms with E-state index in [1.54, 1.807) is 0 Å². The molecule has 108 valence electrons. The van der Waals surface area contributed by atoms with Crippen LogP contribution in [0.25, 0.3) is 0 Å². The van der Waals surface area contributed by atoms with Gasteiger partial charge < -0.3 is 10.0 Å². The molecule has 1 aliphatic heterocycles. The van der Waals surface area contributed by atoms with Crippen LogP contribution in [-0.2, 0) is 11.2 Å². The molecular weight excluding hydrogens is 276 g/mol. The van der Waals surface area contributed by atoms with E-state index in [1.807, 2.05) is 6.92 Å². The maximum absolute atomic E-state index is 12.5. The highest BCUT2D eigenvalue weighted by Gasteiger charge is 2.36. The molecule has 3 rings (SSSR count). The second kappa shape index (κ2) is 5.16. The van der Waals surface area contributed by atoms with Crippen LogP contribution in [0.2, 0.25) is 0 Å². The molecule has 2 fully saturated rings. The third-order valence-electron chi connectivity index (χ3n) is 3.99. The maximum Gasteiger partial charge on any atom is 0.326 e. The monoisotopic (exact) mass is 294 g/mol. The van der Waals surface area contributed by atoms with E-state index in [1.165, 1.54) is 29.1 Å². The molecule has 5 nitrogen and oxygen atoms in total. The van der Waals surface area contributed by atoms with E-state index in [-0.39, 0.29) is 5.91 Å². The van der Waals surface area contributed by atoms with E-state index in [0.29, 0.717) is 17.8 Å². The molecule has 1 aromatic heterocycles. The Labute approximate surface area is 121 Å². The van der Waals surface area contributed by atoms with Gasteiger partial charge in [-0.05, 0) is 38.5 Å². The minimum Gasteiger partial charge on any atom is -0.480 e. The fourth-order valence-electron chi connectivity index (χ4n) is 2.70. The number of carboxylic acid groups (broad SMARTS) is 1. The zero-order chi connectivity index (χ0) is 14.3. The van der Waals surface area contributed by atoms with Crippen molar-refractivity contribution in [2.24, 2.45) is 5.92 Å². The summed E-state index contributed by atoms with van der Waals surface area (Å²) in [5.41, 5.74) is 0.742. The molecule has 0 bridgehead atoms. The van der Waals surface area contributed by atoms with Crippen molar-refractivity contribution in [1.82, 2.24) is 9.88 Å². The summed E-state index contributed by atoms with van der Waals surface area (Å²) < 4.78 is 0. The lowest BCUT2D eigenvalue weighted by molar-refractivity contribution is -0.141. The summed E-state index contributed by atoms with van der Waals surface area (Å²) in [5, 5.41) is 10.2. The Morgan fingerprint density at radius 1 is 1.40 bits per heavy atom. The van der Waals surface area contributed by atoms with Gasteiger partial charge in [-0.3, -0.25) is 4.79 Å². The van der Waals surface area contributed by atoms with Crippen molar-refractivity contribution in [2.75, 3.05) is 6.54 Å². The number of thiazole rings is 1. The molecule has 2 heterocycles. The van der Waals surface area contributed by atoms with Crippen LogP contribution in [0, 0.1) is 12.8 Å². The molecular formula is C14H18N2O3S. The fourth-order valence-corrected chi connectivity index (χ4v) is 3.84. The third-order valence-corrected chi connectivity index (χ3v) is 5.16. The smallest absolute Gasteiger partial charge is 0.326 e. The highest BCUT2D eigenvalue weighted by Crippen LogP contribution is 2.35. The third kappa shape index (κ3) is 2.57. The van der Waals surface area contributed by atoms with Crippen LogP contribution in [0.15, 0.2) is 0 Å². The molecule has 0 spiro atoms. The van der Waals surface area contributed by atoms with Crippen molar-refractivity contribution in [3.05, 3.63) is 15.6 Å². The van der Waals surface area contributed by atoms with Gasteiger partial charge in [0.05, 0.1) is 10.7 Å². The largest absolute Gasteiger partial charge is 0.480 e. The number of nitrogens with zero attached hydrogens (tertiary/aromatic N) is 2. The Kier molecular flexibility index (Phi) is 3.50. The van der Waals surface area contributed by atoms with Crippen molar-refractivity contribution < 1.29 is 14.7 Å². The number of carbonyl (C=O) groups is 2. The molecule has 1 saturated heterocycles. The first-order chi connectivity index (χ1) is 9.56. The first-order valence-corrected chi connectivity index (χ1v) is 7.88. The van der Waals surface area contributed by atoms with Gasteiger partial charge in [-0.25, -0.2) is 9.78 Å². The molecule has 2 aliphatic rings. The molecule has 0 unspecified atom stereocenters. The first kappa shape index (κ1) is 13.5. The van der Waals surface area contributed by atoms with Crippen molar-refractivity contribution >= 4 is 23.2 Å². The average molecular weight is 294 g/mol. The number of aryl methyl sites for hydroxylation is 1. The minimum absolute atomic E-state index is 0.160. The molecule has 20 heavy (non-hydrogen) atoms. The summed E-state index contributed by atoms with van der Waals surface area (Å²) >= 11 is 1.44. The number of carbonyl (C=O) groups excluding carboxylic acids is 1. The summed E-state index contributed by atoms with van der Waals surface area (Å²) in [7, 11) is 0. The molecule has 1 aliphatic carbocycles. The van der Waals surface area contributed by atoms with Gasteiger partial charge in [0.2, 0.25) is 0 Å². The number of aromatic nitrogens is 1. The SMILES string of the molecule is Cc1nc(CC2CC2)sc1C(=O)N1CCC[C@H]1C(=O)O. The van der Waals surface area contributed by atoms with E-state index in [0.717, 1.165) is 29.5 Å². The second-order valence-electron chi connectivity index (χ2n) is 5.66. The number of carboxylic acids is 1. The van der Waals surface area contributed by atoms with Crippen molar-refractivity contribution in [1.29, 1.82) is 0 Å². The minimum atomic E-state index is -0.906. The number of hydrogen-bond acceptors (Lipinski definition) is 4. The molecule has 1 N–H and O–H groups in total.